The van der Waals surface area contributed by atoms with Gasteiger partial charge in [-0.2, -0.15) is 9.78 Å². The summed E-state index contributed by atoms with van der Waals surface area (Å²) in [4.78, 5) is 23.9. The molecule has 10 heteroatoms. The van der Waals surface area contributed by atoms with Gasteiger partial charge in [-0.3, -0.25) is 9.48 Å². The standard InChI is InChI=1S/C13H17BrN6O3/c1-3-18-6-4-10(15-18)8-17(2)12(21)5-7-19-9-11(14)13(16-19)20(22)23/h4,6,9H,3,5,7-8H2,1-2H3. The lowest BCUT2D eigenvalue weighted by Gasteiger charge is -2.15. The van der Waals surface area contributed by atoms with Gasteiger partial charge < -0.3 is 15.0 Å². The van der Waals surface area contributed by atoms with Crippen molar-refractivity contribution in [1.82, 2.24) is 24.5 Å². The number of nitrogens with zero attached hydrogens (tertiary/aromatic N) is 6. The van der Waals surface area contributed by atoms with Gasteiger partial charge in [0.25, 0.3) is 0 Å². The van der Waals surface area contributed by atoms with Crippen molar-refractivity contribution in [2.75, 3.05) is 7.05 Å². The first-order chi connectivity index (χ1) is 10.9. The largest absolute Gasteiger partial charge is 0.404 e. The van der Waals surface area contributed by atoms with E-state index < -0.39 is 4.92 Å². The number of carbonyl (C=O) groups excluding carboxylic acids is 1. The van der Waals surface area contributed by atoms with E-state index in [2.05, 4.69) is 26.1 Å². The van der Waals surface area contributed by atoms with E-state index in [-0.39, 0.29) is 24.7 Å². The van der Waals surface area contributed by atoms with E-state index in [0.29, 0.717) is 11.0 Å². The molecule has 2 aromatic heterocycles. The van der Waals surface area contributed by atoms with Gasteiger partial charge in [-0.05, 0) is 33.8 Å². The Kier molecular flexibility index (Phi) is 5.48. The summed E-state index contributed by atoms with van der Waals surface area (Å²) in [7, 11) is 1.70. The second kappa shape index (κ2) is 7.36. The molecule has 9 nitrogen and oxygen atoms in total. The first-order valence-corrected chi connectivity index (χ1v) is 7.83. The van der Waals surface area contributed by atoms with Crippen LogP contribution < -0.4 is 0 Å². The third-order valence-electron chi connectivity index (χ3n) is 3.27. The van der Waals surface area contributed by atoms with Crippen LogP contribution in [0.25, 0.3) is 0 Å². The van der Waals surface area contributed by atoms with E-state index >= 15 is 0 Å². The fraction of sp³-hybridized carbons (Fsp3) is 0.462. The van der Waals surface area contributed by atoms with Crippen molar-refractivity contribution in [1.29, 1.82) is 0 Å². The van der Waals surface area contributed by atoms with Gasteiger partial charge >= 0.3 is 5.82 Å². The number of carbonyl (C=O) groups is 1. The van der Waals surface area contributed by atoms with Crippen LogP contribution in [-0.2, 0) is 24.4 Å². The second-order valence-electron chi connectivity index (χ2n) is 4.98. The molecule has 0 atom stereocenters. The Morgan fingerprint density at radius 1 is 1.43 bits per heavy atom. The fourth-order valence-electron chi connectivity index (χ4n) is 2.02. The monoisotopic (exact) mass is 384 g/mol. The van der Waals surface area contributed by atoms with E-state index in [0.717, 1.165) is 12.2 Å². The van der Waals surface area contributed by atoms with E-state index in [1.54, 1.807) is 16.6 Å². The van der Waals surface area contributed by atoms with Crippen molar-refractivity contribution in [2.24, 2.45) is 0 Å². The maximum atomic E-state index is 12.1. The molecule has 0 aliphatic heterocycles. The molecule has 0 aliphatic carbocycles. The molecular formula is C13H17BrN6O3. The fourth-order valence-corrected chi connectivity index (χ4v) is 2.48. The Labute approximate surface area is 141 Å². The Bertz CT molecular complexity index is 710. The molecule has 124 valence electrons. The highest BCUT2D eigenvalue weighted by Crippen LogP contribution is 2.22. The molecule has 1 amide bonds. The molecule has 0 bridgehead atoms. The minimum absolute atomic E-state index is 0.0784. The zero-order valence-electron chi connectivity index (χ0n) is 12.8. The van der Waals surface area contributed by atoms with Crippen molar-refractivity contribution in [3.8, 4) is 0 Å². The van der Waals surface area contributed by atoms with Crippen molar-refractivity contribution in [2.45, 2.75) is 33.0 Å². The molecule has 0 aliphatic rings. The van der Waals surface area contributed by atoms with Crippen LogP contribution in [0.4, 0.5) is 5.82 Å². The van der Waals surface area contributed by atoms with Crippen molar-refractivity contribution >= 4 is 27.7 Å². The van der Waals surface area contributed by atoms with Crippen molar-refractivity contribution in [3.05, 3.63) is 38.7 Å². The normalized spacial score (nSPS) is 10.7. The summed E-state index contributed by atoms with van der Waals surface area (Å²) >= 11 is 3.08. The van der Waals surface area contributed by atoms with Gasteiger partial charge in [-0.15, -0.1) is 0 Å². The van der Waals surface area contributed by atoms with Crippen molar-refractivity contribution < 1.29 is 9.72 Å². The second-order valence-corrected chi connectivity index (χ2v) is 5.84. The predicted molar refractivity (Wildman–Crippen MR) is 85.6 cm³/mol. The topological polar surface area (TPSA) is 99.1 Å². The Morgan fingerprint density at radius 2 is 2.17 bits per heavy atom. The van der Waals surface area contributed by atoms with Gasteiger partial charge in [0.05, 0.1) is 30.1 Å². The highest BCUT2D eigenvalue weighted by Gasteiger charge is 2.19. The highest BCUT2D eigenvalue weighted by atomic mass is 79.9. The molecule has 0 aromatic carbocycles. The molecule has 0 radical (unpaired) electrons. The molecule has 0 saturated heterocycles. The van der Waals surface area contributed by atoms with Crippen LogP contribution in [0.5, 0.6) is 0 Å². The molecule has 0 unspecified atom stereocenters. The number of nitro groups is 1. The van der Waals surface area contributed by atoms with E-state index in [9.17, 15) is 14.9 Å². The van der Waals surface area contributed by atoms with Gasteiger partial charge in [-0.1, -0.05) is 0 Å². The minimum atomic E-state index is -0.571. The summed E-state index contributed by atoms with van der Waals surface area (Å²) in [6.45, 7) is 3.48. The third-order valence-corrected chi connectivity index (χ3v) is 3.83. The number of amides is 1. The average molecular weight is 385 g/mol. The number of aryl methyl sites for hydroxylation is 2. The zero-order chi connectivity index (χ0) is 17.0. The first-order valence-electron chi connectivity index (χ1n) is 7.04. The van der Waals surface area contributed by atoms with E-state index in [4.69, 9.17) is 0 Å². The van der Waals surface area contributed by atoms with E-state index in [1.807, 2.05) is 19.2 Å². The molecule has 0 spiro atoms. The number of rotatable bonds is 7. The van der Waals surface area contributed by atoms with Crippen LogP contribution >= 0.6 is 15.9 Å². The number of aromatic nitrogens is 4. The van der Waals surface area contributed by atoms with Crippen LogP contribution in [0.2, 0.25) is 0 Å². The van der Waals surface area contributed by atoms with Gasteiger partial charge in [0, 0.05) is 26.2 Å². The van der Waals surface area contributed by atoms with E-state index in [1.165, 1.54) is 10.9 Å². The Morgan fingerprint density at radius 3 is 2.74 bits per heavy atom. The molecule has 0 N–H and O–H groups in total. The average Bonchev–Trinajstić information content (AvgIpc) is 3.11. The summed E-state index contributed by atoms with van der Waals surface area (Å²) in [5, 5.41) is 18.9. The summed E-state index contributed by atoms with van der Waals surface area (Å²) in [6.07, 6.45) is 3.57. The zero-order valence-corrected chi connectivity index (χ0v) is 14.4. The van der Waals surface area contributed by atoms with Crippen LogP contribution in [-0.4, -0.2) is 42.3 Å². The smallest absolute Gasteiger partial charge is 0.358 e. The van der Waals surface area contributed by atoms with Gasteiger partial charge in [-0.25, -0.2) is 0 Å². The van der Waals surface area contributed by atoms with Crippen LogP contribution in [0, 0.1) is 10.1 Å². The molecule has 23 heavy (non-hydrogen) atoms. The van der Waals surface area contributed by atoms with Crippen molar-refractivity contribution in [3.63, 3.8) is 0 Å². The molecular weight excluding hydrogens is 368 g/mol. The minimum Gasteiger partial charge on any atom is -0.358 e. The predicted octanol–water partition coefficient (Wildman–Crippen LogP) is 1.82. The first kappa shape index (κ1) is 17.1. The summed E-state index contributed by atoms with van der Waals surface area (Å²) < 4.78 is 3.49. The lowest BCUT2D eigenvalue weighted by Crippen LogP contribution is -2.27. The maximum Gasteiger partial charge on any atom is 0.404 e. The quantitative estimate of drug-likeness (QED) is 0.535. The molecule has 0 fully saturated rings. The summed E-state index contributed by atoms with van der Waals surface area (Å²) in [6, 6.07) is 1.88. The van der Waals surface area contributed by atoms with Crippen LogP contribution in [0.3, 0.4) is 0 Å². The highest BCUT2D eigenvalue weighted by molar-refractivity contribution is 9.10. The Balaban J connectivity index is 1.88. The third kappa shape index (κ3) is 4.38. The van der Waals surface area contributed by atoms with Crippen LogP contribution in [0.1, 0.15) is 19.0 Å². The number of hydrogen-bond donors (Lipinski definition) is 0. The number of hydrogen-bond acceptors (Lipinski definition) is 5. The molecule has 2 aromatic rings. The van der Waals surface area contributed by atoms with Gasteiger partial charge in [0.1, 0.15) is 4.47 Å². The lowest BCUT2D eigenvalue weighted by atomic mass is 10.3. The SMILES string of the molecule is CCn1ccc(CN(C)C(=O)CCn2cc(Br)c([N+](=O)[O-])n2)n1. The van der Waals surface area contributed by atoms with Crippen LogP contribution in [0.15, 0.2) is 22.9 Å². The molecule has 2 rings (SSSR count). The van der Waals surface area contributed by atoms with Gasteiger partial charge in [0.2, 0.25) is 5.91 Å². The number of halogens is 1. The van der Waals surface area contributed by atoms with Gasteiger partial charge in [0.15, 0.2) is 0 Å². The molecule has 0 saturated carbocycles. The summed E-state index contributed by atoms with van der Waals surface area (Å²) in [5.41, 5.74) is 0.820. The lowest BCUT2D eigenvalue weighted by molar-refractivity contribution is -0.390. The summed E-state index contributed by atoms with van der Waals surface area (Å²) in [5.74, 6) is -0.332. The Hall–Kier alpha value is -2.23. The maximum absolute atomic E-state index is 12.1. The molecule has 2 heterocycles.